The van der Waals surface area contributed by atoms with Crippen LogP contribution in [0.25, 0.3) is 11.3 Å². The number of pyridine rings is 2. The first-order valence-corrected chi connectivity index (χ1v) is 10.0. The monoisotopic (exact) mass is 417 g/mol. The van der Waals surface area contributed by atoms with Crippen LogP contribution in [0.15, 0.2) is 60.8 Å². The lowest BCUT2D eigenvalue weighted by Gasteiger charge is -2.27. The van der Waals surface area contributed by atoms with Gasteiger partial charge in [0.2, 0.25) is 5.91 Å². The third-order valence-corrected chi connectivity index (χ3v) is 4.82. The molecule has 0 saturated carbocycles. The van der Waals surface area contributed by atoms with E-state index in [4.69, 9.17) is 4.74 Å². The Hall–Kier alpha value is -3.78. The van der Waals surface area contributed by atoms with Gasteiger partial charge in [-0.25, -0.2) is 9.97 Å². The first-order valence-electron chi connectivity index (χ1n) is 10.0. The Labute approximate surface area is 180 Å². The minimum Gasteiger partial charge on any atom is -0.378 e. The Morgan fingerprint density at radius 2 is 1.65 bits per heavy atom. The zero-order valence-electron chi connectivity index (χ0n) is 17.2. The Kier molecular flexibility index (Phi) is 6.18. The normalized spacial score (nSPS) is 13.5. The van der Waals surface area contributed by atoms with Gasteiger partial charge >= 0.3 is 0 Å². The van der Waals surface area contributed by atoms with Crippen molar-refractivity contribution in [3.05, 3.63) is 66.5 Å². The number of carbonyl (C=O) groups excluding carboxylic acids is 2. The van der Waals surface area contributed by atoms with Crippen molar-refractivity contribution in [3.63, 3.8) is 0 Å². The van der Waals surface area contributed by atoms with Crippen molar-refractivity contribution in [1.82, 2.24) is 9.97 Å². The summed E-state index contributed by atoms with van der Waals surface area (Å²) in [5.41, 5.74) is 3.10. The average Bonchev–Trinajstić information content (AvgIpc) is 2.81. The largest absolute Gasteiger partial charge is 0.378 e. The number of anilines is 3. The van der Waals surface area contributed by atoms with E-state index >= 15 is 0 Å². The molecule has 4 rings (SSSR count). The highest BCUT2D eigenvalue weighted by molar-refractivity contribution is 6.03. The van der Waals surface area contributed by atoms with Crippen molar-refractivity contribution in [2.24, 2.45) is 0 Å². The van der Waals surface area contributed by atoms with E-state index in [1.807, 2.05) is 18.2 Å². The van der Waals surface area contributed by atoms with Gasteiger partial charge in [0.15, 0.2) is 0 Å². The van der Waals surface area contributed by atoms with Gasteiger partial charge in [-0.1, -0.05) is 6.07 Å². The molecule has 1 aliphatic heterocycles. The van der Waals surface area contributed by atoms with Crippen LogP contribution in [0.5, 0.6) is 0 Å². The molecule has 2 N–H and O–H groups in total. The molecule has 2 aromatic heterocycles. The van der Waals surface area contributed by atoms with Gasteiger partial charge in [-0.2, -0.15) is 0 Å². The molecule has 1 aliphatic rings. The van der Waals surface area contributed by atoms with Crippen molar-refractivity contribution < 1.29 is 14.3 Å². The van der Waals surface area contributed by atoms with E-state index in [-0.39, 0.29) is 11.8 Å². The molecule has 8 nitrogen and oxygen atoms in total. The third kappa shape index (κ3) is 5.23. The number of nitrogens with zero attached hydrogens (tertiary/aromatic N) is 3. The molecule has 3 heterocycles. The summed E-state index contributed by atoms with van der Waals surface area (Å²) in [5, 5.41) is 5.51. The van der Waals surface area contributed by atoms with E-state index in [1.165, 1.54) is 6.92 Å². The average molecular weight is 417 g/mol. The first-order chi connectivity index (χ1) is 15.1. The number of amides is 2. The molecule has 0 aliphatic carbocycles. The van der Waals surface area contributed by atoms with Crippen molar-refractivity contribution in [2.75, 3.05) is 41.8 Å². The Morgan fingerprint density at radius 1 is 0.935 bits per heavy atom. The number of nitrogens with one attached hydrogen (secondary N) is 2. The molecule has 158 valence electrons. The molecule has 1 fully saturated rings. The van der Waals surface area contributed by atoms with Gasteiger partial charge in [0.25, 0.3) is 5.91 Å². The van der Waals surface area contributed by atoms with Crippen molar-refractivity contribution in [1.29, 1.82) is 0 Å². The second kappa shape index (κ2) is 9.36. The fourth-order valence-electron chi connectivity index (χ4n) is 3.27. The van der Waals surface area contributed by atoms with Crippen LogP contribution in [-0.4, -0.2) is 48.1 Å². The molecule has 1 aromatic carbocycles. The van der Waals surface area contributed by atoms with Gasteiger partial charge in [-0.05, 0) is 48.5 Å². The fourth-order valence-corrected chi connectivity index (χ4v) is 3.27. The SMILES string of the molecule is CC(=O)Nc1ccc(NC(=O)c2cccc(-c3ccc(N4CCOCC4)nc3)n2)cc1. The van der Waals surface area contributed by atoms with E-state index in [1.54, 1.807) is 42.6 Å². The molecule has 0 bridgehead atoms. The molecule has 31 heavy (non-hydrogen) atoms. The highest BCUT2D eigenvalue weighted by atomic mass is 16.5. The molecular formula is C23H23N5O3. The molecule has 0 radical (unpaired) electrons. The molecular weight excluding hydrogens is 394 g/mol. The third-order valence-electron chi connectivity index (χ3n) is 4.82. The number of carbonyl (C=O) groups is 2. The highest BCUT2D eigenvalue weighted by Gasteiger charge is 2.13. The van der Waals surface area contributed by atoms with Crippen LogP contribution in [0.1, 0.15) is 17.4 Å². The quantitative estimate of drug-likeness (QED) is 0.662. The van der Waals surface area contributed by atoms with Gasteiger partial charge in [0, 0.05) is 43.1 Å². The van der Waals surface area contributed by atoms with Crippen LogP contribution in [0.2, 0.25) is 0 Å². The van der Waals surface area contributed by atoms with E-state index in [2.05, 4.69) is 25.5 Å². The lowest BCUT2D eigenvalue weighted by molar-refractivity contribution is -0.114. The summed E-state index contributed by atoms with van der Waals surface area (Å²) in [4.78, 5) is 35.0. The number of hydrogen-bond donors (Lipinski definition) is 2. The van der Waals surface area contributed by atoms with Crippen LogP contribution in [0, 0.1) is 0 Å². The van der Waals surface area contributed by atoms with E-state index in [0.717, 1.165) is 24.5 Å². The standard InChI is InChI=1S/C23H23N5O3/c1-16(29)25-18-6-8-19(9-7-18)26-23(30)21-4-2-3-20(27-21)17-5-10-22(24-15-17)28-11-13-31-14-12-28/h2-10,15H,11-14H2,1H3,(H,25,29)(H,26,30). The number of morpholine rings is 1. The highest BCUT2D eigenvalue weighted by Crippen LogP contribution is 2.21. The van der Waals surface area contributed by atoms with Crippen molar-refractivity contribution in [3.8, 4) is 11.3 Å². The molecule has 0 atom stereocenters. The minimum absolute atomic E-state index is 0.148. The zero-order valence-corrected chi connectivity index (χ0v) is 17.2. The van der Waals surface area contributed by atoms with Gasteiger partial charge in [-0.15, -0.1) is 0 Å². The van der Waals surface area contributed by atoms with Gasteiger partial charge in [0.1, 0.15) is 11.5 Å². The maximum Gasteiger partial charge on any atom is 0.274 e. The fraction of sp³-hybridized carbons (Fsp3) is 0.217. The van der Waals surface area contributed by atoms with E-state index in [0.29, 0.717) is 36.0 Å². The topological polar surface area (TPSA) is 96.5 Å². The Morgan fingerprint density at radius 3 is 2.29 bits per heavy atom. The summed E-state index contributed by atoms with van der Waals surface area (Å²) in [7, 11) is 0. The Bertz CT molecular complexity index is 1060. The number of hydrogen-bond acceptors (Lipinski definition) is 6. The summed E-state index contributed by atoms with van der Waals surface area (Å²) >= 11 is 0. The second-order valence-corrected chi connectivity index (χ2v) is 7.13. The smallest absolute Gasteiger partial charge is 0.274 e. The molecule has 3 aromatic rings. The number of rotatable bonds is 5. The predicted octanol–water partition coefficient (Wildman–Crippen LogP) is 3.19. The van der Waals surface area contributed by atoms with Crippen LogP contribution in [0.4, 0.5) is 17.2 Å². The van der Waals surface area contributed by atoms with Crippen molar-refractivity contribution >= 4 is 29.0 Å². The summed E-state index contributed by atoms with van der Waals surface area (Å²) in [5.74, 6) is 0.445. The lowest BCUT2D eigenvalue weighted by atomic mass is 10.1. The van der Waals surface area contributed by atoms with Gasteiger partial charge < -0.3 is 20.3 Å². The zero-order chi connectivity index (χ0) is 21.6. The number of benzene rings is 1. The van der Waals surface area contributed by atoms with Gasteiger partial charge in [0.05, 0.1) is 18.9 Å². The van der Waals surface area contributed by atoms with Crippen LogP contribution in [-0.2, 0) is 9.53 Å². The Balaban J connectivity index is 1.45. The first kappa shape index (κ1) is 20.5. The molecule has 8 heteroatoms. The summed E-state index contributed by atoms with van der Waals surface area (Å²) < 4.78 is 5.38. The van der Waals surface area contributed by atoms with E-state index < -0.39 is 0 Å². The molecule has 0 spiro atoms. The predicted molar refractivity (Wildman–Crippen MR) is 119 cm³/mol. The van der Waals surface area contributed by atoms with E-state index in [9.17, 15) is 9.59 Å². The maximum atomic E-state index is 12.6. The minimum atomic E-state index is -0.313. The molecule has 0 unspecified atom stereocenters. The lowest BCUT2D eigenvalue weighted by Crippen LogP contribution is -2.36. The van der Waals surface area contributed by atoms with Crippen LogP contribution in [0.3, 0.4) is 0 Å². The summed E-state index contributed by atoms with van der Waals surface area (Å²) in [6.45, 7) is 4.51. The van der Waals surface area contributed by atoms with Gasteiger partial charge in [-0.3, -0.25) is 9.59 Å². The molecule has 2 amide bonds. The number of aromatic nitrogens is 2. The van der Waals surface area contributed by atoms with Crippen molar-refractivity contribution in [2.45, 2.75) is 6.92 Å². The summed E-state index contributed by atoms with van der Waals surface area (Å²) in [6, 6.07) is 16.1. The van der Waals surface area contributed by atoms with Crippen LogP contribution < -0.4 is 15.5 Å². The summed E-state index contributed by atoms with van der Waals surface area (Å²) in [6.07, 6.45) is 1.77. The molecule has 1 saturated heterocycles. The second-order valence-electron chi connectivity index (χ2n) is 7.13. The number of ether oxygens (including phenoxy) is 1. The maximum absolute atomic E-state index is 12.6. The van der Waals surface area contributed by atoms with Crippen LogP contribution >= 0.6 is 0 Å².